The predicted molar refractivity (Wildman–Crippen MR) is 118 cm³/mol. The number of amides is 2. The van der Waals surface area contributed by atoms with Crippen LogP contribution in [0.4, 0.5) is 0 Å². The number of hydrogen-bond acceptors (Lipinski definition) is 6. The van der Waals surface area contributed by atoms with Crippen LogP contribution in [0.3, 0.4) is 0 Å². The number of fused-ring (bicyclic) bond motifs is 2. The van der Waals surface area contributed by atoms with Crippen LogP contribution in [-0.2, 0) is 20.8 Å². The van der Waals surface area contributed by atoms with Gasteiger partial charge in [-0.3, -0.25) is 14.4 Å². The molecule has 0 saturated carbocycles. The van der Waals surface area contributed by atoms with E-state index in [1.54, 1.807) is 13.2 Å². The van der Waals surface area contributed by atoms with Gasteiger partial charge >= 0.3 is 11.6 Å². The number of nitrogens with one attached hydrogen (secondary N) is 2. The highest BCUT2D eigenvalue weighted by molar-refractivity contribution is 6.00. The zero-order valence-electron chi connectivity index (χ0n) is 18.5. The van der Waals surface area contributed by atoms with E-state index in [-0.39, 0.29) is 24.9 Å². The van der Waals surface area contributed by atoms with Gasteiger partial charge in [0.15, 0.2) is 0 Å². The highest BCUT2D eigenvalue weighted by Gasteiger charge is 2.21. The number of benzene rings is 1. The monoisotopic (exact) mass is 442 g/mol. The number of aliphatic carboxylic acids is 1. The number of carbonyl (C=O) groups excluding carboxylic acids is 2. The van der Waals surface area contributed by atoms with Crippen LogP contribution in [0.1, 0.15) is 42.0 Å². The topological polar surface area (TPSA) is 139 Å². The van der Waals surface area contributed by atoms with Crippen molar-refractivity contribution in [2.24, 2.45) is 0 Å². The SMILES string of the molecule is Cc1coc2c(C)c3oc(=O)c(CC(=O)NC(C)C(=O)NCCCC(=O)O)c(C)c3cc12. The Morgan fingerprint density at radius 3 is 2.50 bits per heavy atom. The van der Waals surface area contributed by atoms with Crippen molar-refractivity contribution in [1.29, 1.82) is 0 Å². The second-order valence-electron chi connectivity index (χ2n) is 7.92. The summed E-state index contributed by atoms with van der Waals surface area (Å²) in [7, 11) is 0. The second kappa shape index (κ2) is 9.25. The van der Waals surface area contributed by atoms with E-state index in [0.717, 1.165) is 21.9 Å². The summed E-state index contributed by atoms with van der Waals surface area (Å²) < 4.78 is 11.1. The molecule has 0 aliphatic carbocycles. The minimum atomic E-state index is -0.941. The molecule has 3 N–H and O–H groups in total. The highest BCUT2D eigenvalue weighted by atomic mass is 16.4. The zero-order valence-corrected chi connectivity index (χ0v) is 18.5. The van der Waals surface area contributed by atoms with Crippen LogP contribution in [0.2, 0.25) is 0 Å². The van der Waals surface area contributed by atoms with E-state index >= 15 is 0 Å². The van der Waals surface area contributed by atoms with Gasteiger partial charge in [0.05, 0.1) is 18.2 Å². The lowest BCUT2D eigenvalue weighted by Crippen LogP contribution is -2.45. The average Bonchev–Trinajstić information content (AvgIpc) is 3.10. The van der Waals surface area contributed by atoms with Gasteiger partial charge < -0.3 is 24.6 Å². The lowest BCUT2D eigenvalue weighted by atomic mass is 9.99. The van der Waals surface area contributed by atoms with Gasteiger partial charge in [0.25, 0.3) is 0 Å². The first-order valence-electron chi connectivity index (χ1n) is 10.3. The van der Waals surface area contributed by atoms with Gasteiger partial charge in [-0.05, 0) is 51.3 Å². The van der Waals surface area contributed by atoms with Crippen LogP contribution in [-0.4, -0.2) is 35.5 Å². The second-order valence-corrected chi connectivity index (χ2v) is 7.92. The van der Waals surface area contributed by atoms with Crippen molar-refractivity contribution < 1.29 is 28.3 Å². The molecule has 0 saturated heterocycles. The molecule has 0 spiro atoms. The normalized spacial score (nSPS) is 12.1. The number of carboxylic acids is 1. The third-order valence-corrected chi connectivity index (χ3v) is 5.51. The number of furan rings is 1. The summed E-state index contributed by atoms with van der Waals surface area (Å²) in [4.78, 5) is 47.7. The van der Waals surface area contributed by atoms with Crippen LogP contribution in [0, 0.1) is 20.8 Å². The largest absolute Gasteiger partial charge is 0.481 e. The van der Waals surface area contributed by atoms with Crippen molar-refractivity contribution in [3.8, 4) is 0 Å². The molecule has 1 aromatic carbocycles. The first kappa shape index (κ1) is 23.1. The average molecular weight is 442 g/mol. The van der Waals surface area contributed by atoms with E-state index in [0.29, 0.717) is 23.2 Å². The standard InChI is InChI=1S/C23H26N2O7/c1-11-10-31-20-13(3)21-16(8-15(11)20)12(2)17(23(30)32-21)9-18(26)25-14(4)22(29)24-7-5-6-19(27)28/h8,10,14H,5-7,9H2,1-4H3,(H,24,29)(H,25,26)(H,27,28). The van der Waals surface area contributed by atoms with Gasteiger partial charge in [-0.1, -0.05) is 0 Å². The Morgan fingerprint density at radius 1 is 1.09 bits per heavy atom. The fourth-order valence-corrected chi connectivity index (χ4v) is 3.65. The van der Waals surface area contributed by atoms with Crippen molar-refractivity contribution >= 4 is 39.7 Å². The third kappa shape index (κ3) is 4.66. The summed E-state index contributed by atoms with van der Waals surface area (Å²) in [5.41, 5.74) is 3.01. The predicted octanol–water partition coefficient (Wildman–Crippen LogP) is 2.49. The molecule has 0 aliphatic rings. The molecule has 2 amide bonds. The summed E-state index contributed by atoms with van der Waals surface area (Å²) in [5.74, 6) is -1.87. The quantitative estimate of drug-likeness (QED) is 0.360. The summed E-state index contributed by atoms with van der Waals surface area (Å²) in [6.45, 7) is 7.22. The van der Waals surface area contributed by atoms with Crippen LogP contribution in [0.25, 0.3) is 21.9 Å². The summed E-state index contributed by atoms with van der Waals surface area (Å²) in [6, 6.07) is 1.05. The van der Waals surface area contributed by atoms with Crippen LogP contribution < -0.4 is 16.3 Å². The molecule has 32 heavy (non-hydrogen) atoms. The molecule has 170 valence electrons. The van der Waals surface area contributed by atoms with E-state index in [1.165, 1.54) is 6.92 Å². The maximum absolute atomic E-state index is 12.6. The molecule has 9 heteroatoms. The molecule has 3 aromatic rings. The van der Waals surface area contributed by atoms with Gasteiger partial charge in [0, 0.05) is 29.3 Å². The molecule has 0 bridgehead atoms. The van der Waals surface area contributed by atoms with Crippen LogP contribution in [0.15, 0.2) is 26.0 Å². The zero-order chi connectivity index (χ0) is 23.6. The highest BCUT2D eigenvalue weighted by Crippen LogP contribution is 2.32. The first-order valence-corrected chi connectivity index (χ1v) is 10.3. The van der Waals surface area contributed by atoms with Crippen molar-refractivity contribution in [3.05, 3.63) is 45.0 Å². The van der Waals surface area contributed by atoms with Crippen molar-refractivity contribution in [3.63, 3.8) is 0 Å². The van der Waals surface area contributed by atoms with Crippen molar-refractivity contribution in [2.75, 3.05) is 6.54 Å². The third-order valence-electron chi connectivity index (χ3n) is 5.51. The lowest BCUT2D eigenvalue weighted by Gasteiger charge is -2.15. The Bertz CT molecular complexity index is 1270. The molecule has 0 radical (unpaired) electrons. The van der Waals surface area contributed by atoms with Gasteiger partial charge in [-0.15, -0.1) is 0 Å². The van der Waals surface area contributed by atoms with Crippen molar-refractivity contribution in [2.45, 2.75) is 53.0 Å². The maximum atomic E-state index is 12.6. The number of carbonyl (C=O) groups is 3. The Morgan fingerprint density at radius 2 is 1.81 bits per heavy atom. The molecular weight excluding hydrogens is 416 g/mol. The Kier molecular flexibility index (Phi) is 6.67. The molecule has 1 unspecified atom stereocenters. The molecule has 0 fully saturated rings. The van der Waals surface area contributed by atoms with Crippen LogP contribution in [0.5, 0.6) is 0 Å². The molecule has 2 heterocycles. The van der Waals surface area contributed by atoms with Crippen molar-refractivity contribution in [1.82, 2.24) is 10.6 Å². The number of rotatable bonds is 8. The lowest BCUT2D eigenvalue weighted by molar-refractivity contribution is -0.137. The minimum absolute atomic E-state index is 0.0534. The van der Waals surface area contributed by atoms with E-state index in [4.69, 9.17) is 13.9 Å². The minimum Gasteiger partial charge on any atom is -0.481 e. The molecule has 3 rings (SSSR count). The van der Waals surface area contributed by atoms with E-state index < -0.39 is 29.5 Å². The number of aryl methyl sites for hydroxylation is 3. The molecular formula is C23H26N2O7. The van der Waals surface area contributed by atoms with Crippen LogP contribution >= 0.6 is 0 Å². The van der Waals surface area contributed by atoms with E-state index in [1.807, 2.05) is 19.9 Å². The van der Waals surface area contributed by atoms with Gasteiger partial charge in [0.1, 0.15) is 17.2 Å². The number of carboxylic acid groups (broad SMARTS) is 1. The summed E-state index contributed by atoms with van der Waals surface area (Å²) in [5, 5.41) is 15.4. The fourth-order valence-electron chi connectivity index (χ4n) is 3.65. The Labute approximate surface area is 183 Å². The molecule has 1 atom stereocenters. The smallest absolute Gasteiger partial charge is 0.340 e. The summed E-state index contributed by atoms with van der Waals surface area (Å²) >= 11 is 0. The molecule has 2 aromatic heterocycles. The van der Waals surface area contributed by atoms with E-state index in [2.05, 4.69) is 10.6 Å². The molecule has 9 nitrogen and oxygen atoms in total. The first-order chi connectivity index (χ1) is 15.1. The van der Waals surface area contributed by atoms with Gasteiger partial charge in [-0.2, -0.15) is 0 Å². The van der Waals surface area contributed by atoms with Gasteiger partial charge in [-0.25, -0.2) is 4.79 Å². The summed E-state index contributed by atoms with van der Waals surface area (Å²) in [6.07, 6.45) is 1.65. The van der Waals surface area contributed by atoms with E-state index in [9.17, 15) is 19.2 Å². The molecule has 0 aliphatic heterocycles. The fraction of sp³-hybridized carbons (Fsp3) is 0.391. The Balaban J connectivity index is 1.76. The number of hydrogen-bond donors (Lipinski definition) is 3. The van der Waals surface area contributed by atoms with Gasteiger partial charge in [0.2, 0.25) is 11.8 Å². The maximum Gasteiger partial charge on any atom is 0.340 e. The Hall–Kier alpha value is -3.62.